The van der Waals surface area contributed by atoms with Crippen LogP contribution in [0.4, 0.5) is 8.78 Å². The molecule has 1 aliphatic rings. The number of fused-ring (bicyclic) bond motifs is 3. The van der Waals surface area contributed by atoms with Gasteiger partial charge in [-0.2, -0.15) is 0 Å². The maximum atomic E-state index is 14.8. The second kappa shape index (κ2) is 11.1. The maximum Gasteiger partial charge on any atom is 0.139 e. The fourth-order valence-corrected chi connectivity index (χ4v) is 5.14. The molecule has 0 amide bonds. The summed E-state index contributed by atoms with van der Waals surface area (Å²) < 4.78 is 28.7. The summed E-state index contributed by atoms with van der Waals surface area (Å²) in [7, 11) is 0. The summed E-state index contributed by atoms with van der Waals surface area (Å²) in [5.41, 5.74) is 9.76. The molecule has 0 spiro atoms. The van der Waals surface area contributed by atoms with Gasteiger partial charge in [-0.1, -0.05) is 86.9 Å². The number of hydrogen-bond acceptors (Lipinski definition) is 0. The summed E-state index contributed by atoms with van der Waals surface area (Å²) in [6.07, 6.45) is 8.56. The van der Waals surface area contributed by atoms with E-state index in [1.807, 2.05) is 6.07 Å². The number of rotatable bonds is 7. The van der Waals surface area contributed by atoms with Crippen molar-refractivity contribution in [3.63, 3.8) is 0 Å². The SMILES string of the molecule is CCCCCCCc1ccc2c(c1)Cc1cc(C#Cc3ccc(-c4ccc(C)c(F)c4)cc3F)ccc1-2. The summed E-state index contributed by atoms with van der Waals surface area (Å²) in [5.74, 6) is 5.43. The quantitative estimate of drug-likeness (QED) is 0.157. The van der Waals surface area contributed by atoms with Crippen LogP contribution in [0.25, 0.3) is 22.3 Å². The molecule has 0 unspecified atom stereocenters. The van der Waals surface area contributed by atoms with E-state index >= 15 is 0 Å². The predicted octanol–water partition coefficient (Wildman–Crippen LogP) is 9.42. The fourth-order valence-electron chi connectivity index (χ4n) is 5.14. The average Bonchev–Trinajstić information content (AvgIpc) is 3.26. The van der Waals surface area contributed by atoms with Gasteiger partial charge in [0.2, 0.25) is 0 Å². The molecule has 0 saturated heterocycles. The van der Waals surface area contributed by atoms with E-state index in [0.717, 1.165) is 18.4 Å². The Balaban J connectivity index is 1.29. The first-order chi connectivity index (χ1) is 18.0. The Morgan fingerprint density at radius 1 is 0.676 bits per heavy atom. The van der Waals surface area contributed by atoms with Gasteiger partial charge in [-0.05, 0) is 101 Å². The molecule has 0 aromatic heterocycles. The molecule has 0 atom stereocenters. The Kier molecular flexibility index (Phi) is 7.52. The van der Waals surface area contributed by atoms with Gasteiger partial charge in [0.15, 0.2) is 0 Å². The molecule has 0 radical (unpaired) electrons. The monoisotopic (exact) mass is 490 g/mol. The van der Waals surface area contributed by atoms with Gasteiger partial charge in [-0.15, -0.1) is 0 Å². The number of unbranched alkanes of at least 4 members (excludes halogenated alkanes) is 4. The number of benzene rings is 4. The molecule has 0 fully saturated rings. The van der Waals surface area contributed by atoms with Crippen molar-refractivity contribution in [1.29, 1.82) is 0 Å². The van der Waals surface area contributed by atoms with E-state index in [9.17, 15) is 8.78 Å². The number of hydrogen-bond donors (Lipinski definition) is 0. The lowest BCUT2D eigenvalue weighted by molar-refractivity contribution is 0.618. The van der Waals surface area contributed by atoms with Gasteiger partial charge in [-0.3, -0.25) is 0 Å². The van der Waals surface area contributed by atoms with Crippen LogP contribution in [0.1, 0.15) is 72.4 Å². The third-order valence-electron chi connectivity index (χ3n) is 7.33. The van der Waals surface area contributed by atoms with E-state index in [4.69, 9.17) is 0 Å². The zero-order valence-electron chi connectivity index (χ0n) is 21.6. The Bertz CT molecular complexity index is 1500. The lowest BCUT2D eigenvalue weighted by Crippen LogP contribution is -1.89. The fraction of sp³-hybridized carbons (Fsp3) is 0.257. The van der Waals surface area contributed by atoms with Crippen LogP contribution < -0.4 is 0 Å². The molecule has 1 aliphatic carbocycles. The first-order valence-corrected chi connectivity index (χ1v) is 13.3. The van der Waals surface area contributed by atoms with Gasteiger partial charge in [0, 0.05) is 5.56 Å². The molecule has 4 aromatic carbocycles. The van der Waals surface area contributed by atoms with Crippen LogP contribution in [0.2, 0.25) is 0 Å². The largest absolute Gasteiger partial charge is 0.207 e. The van der Waals surface area contributed by atoms with Crippen molar-refractivity contribution in [2.24, 2.45) is 0 Å². The van der Waals surface area contributed by atoms with Crippen LogP contribution >= 0.6 is 0 Å². The lowest BCUT2D eigenvalue weighted by Gasteiger charge is -2.06. The molecule has 0 heterocycles. The van der Waals surface area contributed by atoms with Crippen molar-refractivity contribution in [2.45, 2.75) is 58.8 Å². The highest BCUT2D eigenvalue weighted by Crippen LogP contribution is 2.37. The van der Waals surface area contributed by atoms with Crippen molar-refractivity contribution in [2.75, 3.05) is 0 Å². The van der Waals surface area contributed by atoms with Crippen molar-refractivity contribution in [1.82, 2.24) is 0 Å². The third kappa shape index (κ3) is 5.67. The maximum absolute atomic E-state index is 14.8. The molecule has 0 aliphatic heterocycles. The summed E-state index contributed by atoms with van der Waals surface area (Å²) in [6, 6.07) is 23.0. The van der Waals surface area contributed by atoms with E-state index in [0.29, 0.717) is 22.3 Å². The van der Waals surface area contributed by atoms with Crippen molar-refractivity contribution >= 4 is 0 Å². The Labute approximate surface area is 219 Å². The Morgan fingerprint density at radius 3 is 2.14 bits per heavy atom. The molecule has 186 valence electrons. The molecular weight excluding hydrogens is 458 g/mol. The lowest BCUT2D eigenvalue weighted by atomic mass is 9.99. The summed E-state index contributed by atoms with van der Waals surface area (Å²) >= 11 is 0. The van der Waals surface area contributed by atoms with Crippen molar-refractivity contribution < 1.29 is 8.78 Å². The molecule has 2 heteroatoms. The second-order valence-electron chi connectivity index (χ2n) is 10.1. The van der Waals surface area contributed by atoms with Gasteiger partial charge in [0.1, 0.15) is 11.6 Å². The zero-order valence-corrected chi connectivity index (χ0v) is 21.6. The van der Waals surface area contributed by atoms with Gasteiger partial charge in [0.05, 0.1) is 5.56 Å². The van der Waals surface area contributed by atoms with E-state index < -0.39 is 5.82 Å². The van der Waals surface area contributed by atoms with Crippen LogP contribution in [-0.4, -0.2) is 0 Å². The van der Waals surface area contributed by atoms with E-state index in [-0.39, 0.29) is 5.82 Å². The second-order valence-corrected chi connectivity index (χ2v) is 10.1. The van der Waals surface area contributed by atoms with Crippen molar-refractivity contribution in [3.8, 4) is 34.1 Å². The van der Waals surface area contributed by atoms with Gasteiger partial charge in [-0.25, -0.2) is 8.78 Å². The summed E-state index contributed by atoms with van der Waals surface area (Å²) in [5, 5.41) is 0. The molecule has 37 heavy (non-hydrogen) atoms. The predicted molar refractivity (Wildman–Crippen MR) is 150 cm³/mol. The van der Waals surface area contributed by atoms with Crippen molar-refractivity contribution in [3.05, 3.63) is 118 Å². The van der Waals surface area contributed by atoms with Crippen LogP contribution in [0.5, 0.6) is 0 Å². The normalized spacial score (nSPS) is 11.6. The summed E-state index contributed by atoms with van der Waals surface area (Å²) in [4.78, 5) is 0. The first kappa shape index (κ1) is 25.0. The van der Waals surface area contributed by atoms with Crippen LogP contribution in [0.15, 0.2) is 72.8 Å². The topological polar surface area (TPSA) is 0 Å². The minimum absolute atomic E-state index is 0.292. The molecule has 4 aromatic rings. The number of halogens is 2. The Morgan fingerprint density at radius 2 is 1.38 bits per heavy atom. The third-order valence-corrected chi connectivity index (χ3v) is 7.33. The zero-order chi connectivity index (χ0) is 25.8. The standard InChI is InChI=1S/C35H32F2/c1-3-4-5-6-7-8-25-11-17-32-30(19-25)21-31-20-26(12-18-33(31)32)10-14-27-15-16-29(23-35(27)37)28-13-9-24(2)34(36)22-28/h9,11-13,15-20,22-23H,3-8,21H2,1-2H3. The highest BCUT2D eigenvalue weighted by atomic mass is 19.1. The van der Waals surface area contributed by atoms with E-state index in [2.05, 4.69) is 49.1 Å². The molecule has 0 nitrogen and oxygen atoms in total. The first-order valence-electron chi connectivity index (χ1n) is 13.3. The molecule has 5 rings (SSSR count). The van der Waals surface area contributed by atoms with Gasteiger partial charge < -0.3 is 0 Å². The average molecular weight is 491 g/mol. The molecule has 0 saturated carbocycles. The summed E-state index contributed by atoms with van der Waals surface area (Å²) in [6.45, 7) is 3.96. The van der Waals surface area contributed by atoms with Crippen LogP contribution in [0, 0.1) is 30.4 Å². The highest BCUT2D eigenvalue weighted by molar-refractivity contribution is 5.78. The highest BCUT2D eigenvalue weighted by Gasteiger charge is 2.18. The molecule has 0 N–H and O–H groups in total. The molecular formula is C35H32F2. The number of aryl methyl sites for hydroxylation is 2. The van der Waals surface area contributed by atoms with E-state index in [1.54, 1.807) is 31.2 Å². The Hall–Kier alpha value is -3.70. The molecule has 0 bridgehead atoms. The van der Waals surface area contributed by atoms with Crippen LogP contribution in [0.3, 0.4) is 0 Å². The minimum atomic E-state index is -0.401. The van der Waals surface area contributed by atoms with Gasteiger partial charge >= 0.3 is 0 Å². The van der Waals surface area contributed by atoms with Gasteiger partial charge in [0.25, 0.3) is 0 Å². The minimum Gasteiger partial charge on any atom is -0.207 e. The smallest absolute Gasteiger partial charge is 0.139 e. The van der Waals surface area contributed by atoms with E-state index in [1.165, 1.54) is 72.1 Å². The van der Waals surface area contributed by atoms with Crippen LogP contribution in [-0.2, 0) is 12.8 Å².